The number of imide groups is 1. The summed E-state index contributed by atoms with van der Waals surface area (Å²) in [4.78, 5) is 28.5. The molecule has 0 saturated carbocycles. The molecule has 0 unspecified atom stereocenters. The normalized spacial score (nSPS) is 13.5. The summed E-state index contributed by atoms with van der Waals surface area (Å²) in [6.07, 6.45) is 0. The van der Waals surface area contributed by atoms with Gasteiger partial charge >= 0.3 is 0 Å². The Hall–Kier alpha value is -4.06. The number of rotatable bonds is 8. The predicted molar refractivity (Wildman–Crippen MR) is 134 cm³/mol. The molecule has 1 aliphatic rings. The van der Waals surface area contributed by atoms with Gasteiger partial charge in [0.1, 0.15) is 17.2 Å². The monoisotopic (exact) mass is 456 g/mol. The lowest BCUT2D eigenvalue weighted by molar-refractivity contribution is -0.120. The number of nitrogens with one attached hydrogen (secondary N) is 1. The van der Waals surface area contributed by atoms with Gasteiger partial charge in [-0.15, -0.1) is 0 Å². The van der Waals surface area contributed by atoms with Gasteiger partial charge in [-0.2, -0.15) is 0 Å². The second-order valence-corrected chi connectivity index (χ2v) is 8.08. The number of carbonyl (C=O) groups excluding carboxylic acids is 2. The van der Waals surface area contributed by atoms with E-state index in [0.29, 0.717) is 47.2 Å². The van der Waals surface area contributed by atoms with Gasteiger partial charge in [0.05, 0.1) is 24.5 Å². The van der Waals surface area contributed by atoms with Crippen LogP contribution in [0.15, 0.2) is 72.4 Å². The van der Waals surface area contributed by atoms with E-state index in [1.165, 1.54) is 4.90 Å². The molecule has 1 aliphatic heterocycles. The molecule has 3 aromatic carbocycles. The highest BCUT2D eigenvalue weighted by molar-refractivity contribution is 6.46. The highest BCUT2D eigenvalue weighted by Gasteiger charge is 2.40. The van der Waals surface area contributed by atoms with Gasteiger partial charge in [-0.3, -0.25) is 9.59 Å². The average Bonchev–Trinajstić information content (AvgIpc) is 3.04. The van der Waals surface area contributed by atoms with Crippen molar-refractivity contribution in [2.45, 2.75) is 27.7 Å². The highest BCUT2D eigenvalue weighted by atomic mass is 16.5. The first-order valence-electron chi connectivity index (χ1n) is 11.4. The van der Waals surface area contributed by atoms with E-state index >= 15 is 0 Å². The first kappa shape index (κ1) is 23.1. The minimum Gasteiger partial charge on any atom is -0.494 e. The number of hydrogen-bond donors (Lipinski definition) is 1. The minimum atomic E-state index is -0.402. The molecular formula is C28H28N2O4. The largest absolute Gasteiger partial charge is 0.494 e. The van der Waals surface area contributed by atoms with Crippen molar-refractivity contribution in [3.05, 3.63) is 89.1 Å². The summed E-state index contributed by atoms with van der Waals surface area (Å²) in [7, 11) is 0. The number of hydrogen-bond acceptors (Lipinski definition) is 5. The fourth-order valence-corrected chi connectivity index (χ4v) is 4.09. The highest BCUT2D eigenvalue weighted by Crippen LogP contribution is 2.35. The molecule has 174 valence electrons. The molecule has 6 heteroatoms. The SMILES string of the molecule is CCOc1ccc(C2=C(Nc3cccc(OCC)c3)C(=O)N(c3cc(C)cc(C)c3)C2=O)cc1. The lowest BCUT2D eigenvalue weighted by atomic mass is 10.0. The fraction of sp³-hybridized carbons (Fsp3) is 0.214. The van der Waals surface area contributed by atoms with Gasteiger partial charge in [-0.1, -0.05) is 24.3 Å². The van der Waals surface area contributed by atoms with Gasteiger partial charge in [0, 0.05) is 11.8 Å². The second-order valence-electron chi connectivity index (χ2n) is 8.08. The van der Waals surface area contributed by atoms with E-state index in [1.807, 2.05) is 70.2 Å². The molecule has 3 aromatic rings. The molecular weight excluding hydrogens is 428 g/mol. The molecule has 0 radical (unpaired) electrons. The number of carbonyl (C=O) groups is 2. The third kappa shape index (κ3) is 4.66. The van der Waals surface area contributed by atoms with E-state index in [2.05, 4.69) is 5.32 Å². The summed E-state index contributed by atoms with van der Waals surface area (Å²) in [6, 6.07) is 20.2. The summed E-state index contributed by atoms with van der Waals surface area (Å²) < 4.78 is 11.1. The molecule has 1 heterocycles. The van der Waals surface area contributed by atoms with Gasteiger partial charge in [-0.25, -0.2) is 4.90 Å². The molecule has 0 fully saturated rings. The second kappa shape index (κ2) is 9.83. The summed E-state index contributed by atoms with van der Waals surface area (Å²) in [5.41, 5.74) is 4.34. The molecule has 0 atom stereocenters. The number of ether oxygens (including phenoxy) is 2. The van der Waals surface area contributed by atoms with Gasteiger partial charge in [-0.05, 0) is 80.8 Å². The first-order valence-corrected chi connectivity index (χ1v) is 11.4. The van der Waals surface area contributed by atoms with Crippen molar-refractivity contribution in [1.29, 1.82) is 0 Å². The van der Waals surface area contributed by atoms with E-state index in [-0.39, 0.29) is 11.6 Å². The number of aryl methyl sites for hydroxylation is 2. The fourth-order valence-electron chi connectivity index (χ4n) is 4.09. The van der Waals surface area contributed by atoms with E-state index in [1.54, 1.807) is 24.3 Å². The Morgan fingerprint density at radius 3 is 2.06 bits per heavy atom. The van der Waals surface area contributed by atoms with E-state index < -0.39 is 5.91 Å². The van der Waals surface area contributed by atoms with E-state index in [4.69, 9.17) is 9.47 Å². The lowest BCUT2D eigenvalue weighted by Gasteiger charge is -2.17. The van der Waals surface area contributed by atoms with Crippen LogP contribution < -0.4 is 19.7 Å². The summed E-state index contributed by atoms with van der Waals surface area (Å²) >= 11 is 0. The van der Waals surface area contributed by atoms with Gasteiger partial charge in [0.15, 0.2) is 0 Å². The van der Waals surface area contributed by atoms with Crippen LogP contribution in [0.1, 0.15) is 30.5 Å². The van der Waals surface area contributed by atoms with Crippen molar-refractivity contribution in [3.63, 3.8) is 0 Å². The molecule has 0 bridgehead atoms. The van der Waals surface area contributed by atoms with Crippen LogP contribution in [0.25, 0.3) is 5.57 Å². The van der Waals surface area contributed by atoms with Gasteiger partial charge in [0.25, 0.3) is 11.8 Å². The Labute approximate surface area is 199 Å². The molecule has 1 N–H and O–H groups in total. The summed E-state index contributed by atoms with van der Waals surface area (Å²) in [5.74, 6) is 0.607. The van der Waals surface area contributed by atoms with Crippen LogP contribution in [0.2, 0.25) is 0 Å². The van der Waals surface area contributed by atoms with Crippen LogP contribution in [0, 0.1) is 13.8 Å². The topological polar surface area (TPSA) is 67.9 Å². The maximum Gasteiger partial charge on any atom is 0.282 e. The maximum atomic E-state index is 13.7. The number of nitrogens with zero attached hydrogens (tertiary/aromatic N) is 1. The summed E-state index contributed by atoms with van der Waals surface area (Å²) in [6.45, 7) is 8.79. The molecule has 0 aromatic heterocycles. The third-order valence-corrected chi connectivity index (χ3v) is 5.42. The maximum absolute atomic E-state index is 13.7. The zero-order valence-electron chi connectivity index (χ0n) is 19.8. The molecule has 4 rings (SSSR count). The molecule has 0 aliphatic carbocycles. The number of amides is 2. The Balaban J connectivity index is 1.79. The van der Waals surface area contributed by atoms with Crippen molar-refractivity contribution in [1.82, 2.24) is 0 Å². The van der Waals surface area contributed by atoms with E-state index in [0.717, 1.165) is 11.1 Å². The van der Waals surface area contributed by atoms with Gasteiger partial charge in [0.2, 0.25) is 0 Å². The Bertz CT molecular complexity index is 1240. The zero-order valence-corrected chi connectivity index (χ0v) is 19.8. The predicted octanol–water partition coefficient (Wildman–Crippen LogP) is 5.50. The molecule has 0 saturated heterocycles. The van der Waals surface area contributed by atoms with Crippen molar-refractivity contribution in [3.8, 4) is 11.5 Å². The Morgan fingerprint density at radius 2 is 1.41 bits per heavy atom. The van der Waals surface area contributed by atoms with Crippen LogP contribution in [-0.2, 0) is 9.59 Å². The quantitative estimate of drug-likeness (QED) is 0.454. The van der Waals surface area contributed by atoms with Crippen LogP contribution in [0.4, 0.5) is 11.4 Å². The third-order valence-electron chi connectivity index (χ3n) is 5.42. The van der Waals surface area contributed by atoms with Crippen molar-refractivity contribution in [2.75, 3.05) is 23.4 Å². The van der Waals surface area contributed by atoms with Gasteiger partial charge < -0.3 is 14.8 Å². The van der Waals surface area contributed by atoms with Crippen LogP contribution in [0.5, 0.6) is 11.5 Å². The molecule has 0 spiro atoms. The summed E-state index contributed by atoms with van der Waals surface area (Å²) in [5, 5.41) is 3.19. The Kier molecular flexibility index (Phi) is 6.68. The Morgan fingerprint density at radius 1 is 0.765 bits per heavy atom. The zero-order chi connectivity index (χ0) is 24.2. The van der Waals surface area contributed by atoms with Crippen molar-refractivity contribution < 1.29 is 19.1 Å². The van der Waals surface area contributed by atoms with Crippen molar-refractivity contribution >= 4 is 28.8 Å². The molecule has 6 nitrogen and oxygen atoms in total. The average molecular weight is 457 g/mol. The smallest absolute Gasteiger partial charge is 0.282 e. The van der Waals surface area contributed by atoms with Crippen LogP contribution >= 0.6 is 0 Å². The van der Waals surface area contributed by atoms with E-state index in [9.17, 15) is 9.59 Å². The molecule has 2 amide bonds. The number of anilines is 2. The van der Waals surface area contributed by atoms with Crippen LogP contribution in [-0.4, -0.2) is 25.0 Å². The first-order chi connectivity index (χ1) is 16.4. The van der Waals surface area contributed by atoms with Crippen LogP contribution in [0.3, 0.4) is 0 Å². The standard InChI is InChI=1S/C28H28N2O4/c1-5-33-23-12-10-20(11-13-23)25-26(29-21-8-7-9-24(17-21)34-6-2)28(32)30(27(25)31)22-15-18(3)14-19(4)16-22/h7-17,29H,5-6H2,1-4H3. The minimum absolute atomic E-state index is 0.224. The molecule has 34 heavy (non-hydrogen) atoms. The van der Waals surface area contributed by atoms with Crippen molar-refractivity contribution in [2.24, 2.45) is 0 Å². The number of benzene rings is 3. The lowest BCUT2D eigenvalue weighted by Crippen LogP contribution is -2.32.